The van der Waals surface area contributed by atoms with Crippen LogP contribution in [0.15, 0.2) is 12.3 Å². The lowest BCUT2D eigenvalue weighted by Gasteiger charge is -2.17. The molecule has 1 aromatic heterocycles. The third-order valence-corrected chi connectivity index (χ3v) is 4.27. The van der Waals surface area contributed by atoms with Gasteiger partial charge in [0.05, 0.1) is 0 Å². The average molecular weight is 246 g/mol. The number of rotatable bonds is 4. The number of hydrogen-bond acceptors (Lipinski definition) is 2. The van der Waals surface area contributed by atoms with Crippen LogP contribution in [0.1, 0.15) is 48.2 Å². The van der Waals surface area contributed by atoms with E-state index in [0.29, 0.717) is 5.78 Å². The van der Waals surface area contributed by atoms with E-state index in [0.717, 1.165) is 31.4 Å². The average Bonchev–Trinajstić information content (AvgIpc) is 3.00. The molecule has 0 aromatic carbocycles. The fourth-order valence-corrected chi connectivity index (χ4v) is 3.27. The van der Waals surface area contributed by atoms with Gasteiger partial charge in [-0.05, 0) is 57.8 Å². The van der Waals surface area contributed by atoms with Crippen molar-refractivity contribution in [2.24, 2.45) is 0 Å². The van der Waals surface area contributed by atoms with Crippen LogP contribution in [0.3, 0.4) is 0 Å². The van der Waals surface area contributed by atoms with E-state index in [-0.39, 0.29) is 0 Å². The number of carbonyl (C=O) groups excluding carboxylic acids is 1. The highest BCUT2D eigenvalue weighted by Crippen LogP contribution is 2.22. The van der Waals surface area contributed by atoms with E-state index < -0.39 is 0 Å². The molecule has 0 unspecified atom stereocenters. The van der Waals surface area contributed by atoms with Crippen molar-refractivity contribution in [2.75, 3.05) is 19.6 Å². The highest BCUT2D eigenvalue weighted by Gasteiger charge is 2.20. The molecular weight excluding hydrogens is 224 g/mol. The van der Waals surface area contributed by atoms with Crippen LogP contribution in [0, 0.1) is 0 Å². The Morgan fingerprint density at radius 3 is 2.72 bits per heavy atom. The fourth-order valence-electron chi connectivity index (χ4n) is 3.27. The van der Waals surface area contributed by atoms with Gasteiger partial charge in [-0.3, -0.25) is 4.79 Å². The lowest BCUT2D eigenvalue weighted by molar-refractivity contribution is 0.0971. The number of Topliss-reactive ketones (excluding diaryl/α,β-unsaturated/α-hetero) is 1. The lowest BCUT2D eigenvalue weighted by Crippen LogP contribution is -2.22. The van der Waals surface area contributed by atoms with Gasteiger partial charge in [0.2, 0.25) is 0 Å². The number of hydrogen-bond donors (Lipinski definition) is 0. The lowest BCUT2D eigenvalue weighted by atomic mass is 9.97. The van der Waals surface area contributed by atoms with Crippen molar-refractivity contribution in [2.45, 2.75) is 45.1 Å². The maximum atomic E-state index is 11.8. The minimum atomic E-state index is 0.342. The topological polar surface area (TPSA) is 25.2 Å². The van der Waals surface area contributed by atoms with Gasteiger partial charge in [-0.2, -0.15) is 0 Å². The van der Waals surface area contributed by atoms with Gasteiger partial charge in [0.15, 0.2) is 5.78 Å². The Bertz CT molecular complexity index is 430. The van der Waals surface area contributed by atoms with E-state index in [1.807, 2.05) is 6.07 Å². The molecule has 98 valence electrons. The molecule has 0 N–H and O–H groups in total. The van der Waals surface area contributed by atoms with Crippen LogP contribution in [0.2, 0.25) is 0 Å². The molecule has 0 amide bonds. The fraction of sp³-hybridized carbons (Fsp3) is 0.667. The van der Waals surface area contributed by atoms with Crippen LogP contribution in [0.5, 0.6) is 0 Å². The third-order valence-electron chi connectivity index (χ3n) is 4.27. The summed E-state index contributed by atoms with van der Waals surface area (Å²) >= 11 is 0. The number of carbonyl (C=O) groups is 1. The second-order valence-electron chi connectivity index (χ2n) is 5.55. The first-order valence-electron chi connectivity index (χ1n) is 7.28. The Labute approximate surface area is 109 Å². The van der Waals surface area contributed by atoms with Crippen LogP contribution < -0.4 is 0 Å². The van der Waals surface area contributed by atoms with E-state index in [1.54, 1.807) is 0 Å². The predicted octanol–water partition coefficient (Wildman–Crippen LogP) is 2.49. The quantitative estimate of drug-likeness (QED) is 0.815. The maximum Gasteiger partial charge on any atom is 0.164 e. The van der Waals surface area contributed by atoms with Crippen molar-refractivity contribution in [3.8, 4) is 0 Å². The molecule has 18 heavy (non-hydrogen) atoms. The first-order valence-corrected chi connectivity index (χ1v) is 7.28. The minimum Gasteiger partial charge on any atom is -0.351 e. The third kappa shape index (κ3) is 2.37. The van der Waals surface area contributed by atoms with Crippen LogP contribution >= 0.6 is 0 Å². The number of aryl methyl sites for hydroxylation is 1. The largest absolute Gasteiger partial charge is 0.351 e. The van der Waals surface area contributed by atoms with Crippen molar-refractivity contribution < 1.29 is 4.79 Å². The van der Waals surface area contributed by atoms with Gasteiger partial charge in [0.25, 0.3) is 0 Å². The van der Waals surface area contributed by atoms with Gasteiger partial charge >= 0.3 is 0 Å². The van der Waals surface area contributed by atoms with Crippen molar-refractivity contribution >= 4 is 5.78 Å². The van der Waals surface area contributed by atoms with E-state index in [2.05, 4.69) is 15.7 Å². The highest BCUT2D eigenvalue weighted by molar-refractivity contribution is 5.98. The van der Waals surface area contributed by atoms with Crippen LogP contribution in [-0.4, -0.2) is 34.9 Å². The maximum absolute atomic E-state index is 11.8. The molecule has 3 heteroatoms. The number of fused-ring (bicyclic) bond motifs is 1. The molecule has 0 bridgehead atoms. The molecule has 3 rings (SSSR count). The molecule has 0 radical (unpaired) electrons. The molecule has 3 nitrogen and oxygen atoms in total. The molecule has 1 aromatic rings. The minimum absolute atomic E-state index is 0.342. The zero-order chi connectivity index (χ0) is 12.4. The smallest absolute Gasteiger partial charge is 0.164 e. The van der Waals surface area contributed by atoms with Crippen molar-refractivity contribution in [3.63, 3.8) is 0 Å². The molecule has 1 saturated heterocycles. The second-order valence-corrected chi connectivity index (χ2v) is 5.55. The first kappa shape index (κ1) is 12.0. The van der Waals surface area contributed by atoms with Crippen molar-refractivity contribution in [3.05, 3.63) is 23.5 Å². The zero-order valence-electron chi connectivity index (χ0n) is 11.0. The summed E-state index contributed by atoms with van der Waals surface area (Å²) in [7, 11) is 0. The Morgan fingerprint density at radius 2 is 1.89 bits per heavy atom. The standard InChI is InChI=1S/C15H22N2O/c18-15-6-3-5-14-13(15)7-12-17(14)11-4-10-16-8-1-2-9-16/h7,12H,1-6,8-11H2. The van der Waals surface area contributed by atoms with Gasteiger partial charge in [-0.1, -0.05) is 0 Å². The van der Waals surface area contributed by atoms with Crippen LogP contribution in [-0.2, 0) is 13.0 Å². The highest BCUT2D eigenvalue weighted by atomic mass is 16.1. The van der Waals surface area contributed by atoms with Crippen molar-refractivity contribution in [1.82, 2.24) is 9.47 Å². The Hall–Kier alpha value is -1.09. The summed E-state index contributed by atoms with van der Waals surface area (Å²) in [6, 6.07) is 2.02. The van der Waals surface area contributed by atoms with E-state index in [1.165, 1.54) is 44.6 Å². The Kier molecular flexibility index (Phi) is 3.50. The summed E-state index contributed by atoms with van der Waals surface area (Å²) in [6.45, 7) is 4.84. The summed E-state index contributed by atoms with van der Waals surface area (Å²) in [5.41, 5.74) is 2.27. The molecule has 0 saturated carbocycles. The Balaban J connectivity index is 1.58. The number of nitrogens with zero attached hydrogens (tertiary/aromatic N) is 2. The molecule has 2 heterocycles. The van der Waals surface area contributed by atoms with Crippen LogP contribution in [0.4, 0.5) is 0 Å². The number of likely N-dealkylation sites (tertiary alicyclic amines) is 1. The number of ketones is 1. The molecule has 1 aliphatic heterocycles. The summed E-state index contributed by atoms with van der Waals surface area (Å²) in [5, 5.41) is 0. The summed E-state index contributed by atoms with van der Waals surface area (Å²) in [5.74, 6) is 0.342. The molecule has 1 aliphatic carbocycles. The van der Waals surface area contributed by atoms with Gasteiger partial charge in [-0.25, -0.2) is 0 Å². The molecule has 1 fully saturated rings. The molecule has 0 atom stereocenters. The SMILES string of the molecule is O=C1CCCc2c1ccn2CCCN1CCCC1. The van der Waals surface area contributed by atoms with Gasteiger partial charge < -0.3 is 9.47 Å². The van der Waals surface area contributed by atoms with E-state index >= 15 is 0 Å². The summed E-state index contributed by atoms with van der Waals surface area (Å²) < 4.78 is 2.31. The van der Waals surface area contributed by atoms with E-state index in [9.17, 15) is 4.79 Å². The second kappa shape index (κ2) is 5.27. The first-order chi connectivity index (χ1) is 8.84. The normalized spacial score (nSPS) is 20.3. The van der Waals surface area contributed by atoms with Gasteiger partial charge in [0, 0.05) is 30.4 Å². The van der Waals surface area contributed by atoms with Gasteiger partial charge in [-0.15, -0.1) is 0 Å². The van der Waals surface area contributed by atoms with E-state index in [4.69, 9.17) is 0 Å². The number of aromatic nitrogens is 1. The summed E-state index contributed by atoms with van der Waals surface area (Å²) in [6.07, 6.45) is 8.90. The summed E-state index contributed by atoms with van der Waals surface area (Å²) in [4.78, 5) is 14.3. The Morgan fingerprint density at radius 1 is 1.06 bits per heavy atom. The predicted molar refractivity (Wildman–Crippen MR) is 72.0 cm³/mol. The molecular formula is C15H22N2O. The molecule has 0 spiro atoms. The van der Waals surface area contributed by atoms with Crippen LogP contribution in [0.25, 0.3) is 0 Å². The van der Waals surface area contributed by atoms with Gasteiger partial charge in [0.1, 0.15) is 0 Å². The monoisotopic (exact) mass is 246 g/mol. The van der Waals surface area contributed by atoms with Crippen molar-refractivity contribution in [1.29, 1.82) is 0 Å². The zero-order valence-corrected chi connectivity index (χ0v) is 11.0. The molecule has 2 aliphatic rings.